The fourth-order valence-electron chi connectivity index (χ4n) is 4.97. The maximum absolute atomic E-state index is 14.7. The molecule has 0 aromatic heterocycles. The molecule has 2 saturated carbocycles. The lowest BCUT2D eigenvalue weighted by Crippen LogP contribution is -2.31. The van der Waals surface area contributed by atoms with Gasteiger partial charge in [-0.15, -0.1) is 0 Å². The van der Waals surface area contributed by atoms with Gasteiger partial charge < -0.3 is 10.1 Å². The Bertz CT molecular complexity index is 1050. The van der Waals surface area contributed by atoms with Crippen LogP contribution in [-0.2, 0) is 20.7 Å². The quantitative estimate of drug-likeness (QED) is 0.468. The zero-order valence-electron chi connectivity index (χ0n) is 20.1. The van der Waals surface area contributed by atoms with Crippen LogP contribution in [0, 0.1) is 23.0 Å². The van der Waals surface area contributed by atoms with E-state index >= 15 is 0 Å². The molecule has 4 rings (SSSR count). The van der Waals surface area contributed by atoms with Crippen LogP contribution >= 0.6 is 0 Å². The molecule has 2 aromatic carbocycles. The Hall–Kier alpha value is -2.76. The Morgan fingerprint density at radius 2 is 1.71 bits per heavy atom. The number of esters is 1. The third-order valence-electron chi connectivity index (χ3n) is 6.90. The number of rotatable bonds is 7. The number of amides is 1. The number of carbonyl (C=O) groups is 2. The molecule has 0 saturated heterocycles. The molecule has 1 N–H and O–H groups in total. The van der Waals surface area contributed by atoms with Gasteiger partial charge in [0.25, 0.3) is 0 Å². The molecule has 182 valence electrons. The molecule has 1 amide bonds. The summed E-state index contributed by atoms with van der Waals surface area (Å²) in [5, 5.41) is 2.79. The van der Waals surface area contributed by atoms with Gasteiger partial charge in [-0.1, -0.05) is 31.0 Å². The molecule has 2 aliphatic rings. The van der Waals surface area contributed by atoms with Gasteiger partial charge in [0.1, 0.15) is 17.2 Å². The van der Waals surface area contributed by atoms with Crippen molar-refractivity contribution in [2.45, 2.75) is 77.2 Å². The van der Waals surface area contributed by atoms with Crippen LogP contribution in [0.3, 0.4) is 0 Å². The molecule has 0 heterocycles. The predicted octanol–water partition coefficient (Wildman–Crippen LogP) is 6.54. The molecule has 0 aliphatic heterocycles. The van der Waals surface area contributed by atoms with Crippen LogP contribution in [0.4, 0.5) is 14.5 Å². The number of halogens is 2. The molecule has 2 aliphatic carbocycles. The van der Waals surface area contributed by atoms with E-state index in [0.29, 0.717) is 6.42 Å². The zero-order chi connectivity index (χ0) is 24.5. The Labute approximate surface area is 200 Å². The van der Waals surface area contributed by atoms with E-state index in [9.17, 15) is 18.4 Å². The lowest BCUT2D eigenvalue weighted by Gasteiger charge is -2.24. The summed E-state index contributed by atoms with van der Waals surface area (Å²) in [4.78, 5) is 26.1. The van der Waals surface area contributed by atoms with Crippen molar-refractivity contribution >= 4 is 17.6 Å². The van der Waals surface area contributed by atoms with Gasteiger partial charge in [-0.05, 0) is 94.2 Å². The van der Waals surface area contributed by atoms with Crippen molar-refractivity contribution in [3.63, 3.8) is 0 Å². The van der Waals surface area contributed by atoms with Gasteiger partial charge >= 0.3 is 5.97 Å². The second kappa shape index (κ2) is 9.47. The molecule has 0 radical (unpaired) electrons. The third kappa shape index (κ3) is 5.65. The smallest absolute Gasteiger partial charge is 0.312 e. The van der Waals surface area contributed by atoms with E-state index < -0.39 is 22.8 Å². The molecule has 1 unspecified atom stereocenters. The Morgan fingerprint density at radius 3 is 2.29 bits per heavy atom. The minimum absolute atomic E-state index is 0.104. The summed E-state index contributed by atoms with van der Waals surface area (Å²) >= 11 is 0. The fourth-order valence-corrected chi connectivity index (χ4v) is 4.97. The Kier molecular flexibility index (Phi) is 6.79. The highest BCUT2D eigenvalue weighted by Crippen LogP contribution is 2.50. The molecule has 4 nitrogen and oxygen atoms in total. The predicted molar refractivity (Wildman–Crippen MR) is 127 cm³/mol. The van der Waals surface area contributed by atoms with Crippen LogP contribution in [0.5, 0.6) is 0 Å². The molecule has 0 bridgehead atoms. The van der Waals surface area contributed by atoms with E-state index in [1.807, 2.05) is 20.8 Å². The Balaban J connectivity index is 1.52. The highest BCUT2D eigenvalue weighted by atomic mass is 19.1. The van der Waals surface area contributed by atoms with Crippen molar-refractivity contribution in [2.24, 2.45) is 11.3 Å². The monoisotopic (exact) mass is 469 g/mol. The van der Waals surface area contributed by atoms with E-state index in [4.69, 9.17) is 4.74 Å². The summed E-state index contributed by atoms with van der Waals surface area (Å²) in [6, 6.07) is 10.6. The summed E-state index contributed by atoms with van der Waals surface area (Å²) in [5.74, 6) is -1.73. The average molecular weight is 470 g/mol. The second-order valence-electron chi connectivity index (χ2n) is 10.8. The summed E-state index contributed by atoms with van der Waals surface area (Å²) in [6.07, 6.45) is 5.82. The lowest BCUT2D eigenvalue weighted by molar-refractivity contribution is -0.161. The van der Waals surface area contributed by atoms with Crippen molar-refractivity contribution < 1.29 is 23.1 Å². The number of ether oxygens (including phenoxy) is 1. The SMILES string of the molecule is CC(C)(C)OC(=O)C1(Cc2ccc(F)c(NC(=O)C(c3ccc(F)cc3)C3CCCC3)c2)CC1. The number of carbonyl (C=O) groups excluding carboxylic acids is 2. The van der Waals surface area contributed by atoms with E-state index in [0.717, 1.165) is 49.7 Å². The van der Waals surface area contributed by atoms with Gasteiger partial charge in [-0.3, -0.25) is 9.59 Å². The van der Waals surface area contributed by atoms with E-state index in [1.165, 1.54) is 18.2 Å². The van der Waals surface area contributed by atoms with Crippen LogP contribution in [0.15, 0.2) is 42.5 Å². The van der Waals surface area contributed by atoms with Gasteiger partial charge in [-0.2, -0.15) is 0 Å². The molecular weight excluding hydrogens is 436 g/mol. The molecule has 1 atom stereocenters. The first-order valence-corrected chi connectivity index (χ1v) is 12.1. The van der Waals surface area contributed by atoms with E-state index in [1.54, 1.807) is 24.3 Å². The molecule has 0 spiro atoms. The maximum atomic E-state index is 14.7. The second-order valence-corrected chi connectivity index (χ2v) is 10.8. The van der Waals surface area contributed by atoms with Gasteiger partial charge in [0.05, 0.1) is 17.0 Å². The summed E-state index contributed by atoms with van der Waals surface area (Å²) < 4.78 is 33.8. The fraction of sp³-hybridized carbons (Fsp3) is 0.500. The number of hydrogen-bond acceptors (Lipinski definition) is 3. The molecule has 34 heavy (non-hydrogen) atoms. The highest BCUT2D eigenvalue weighted by Gasteiger charge is 2.52. The summed E-state index contributed by atoms with van der Waals surface area (Å²) in [7, 11) is 0. The van der Waals surface area contributed by atoms with Crippen LogP contribution < -0.4 is 5.32 Å². The van der Waals surface area contributed by atoms with Crippen molar-refractivity contribution in [2.75, 3.05) is 5.32 Å². The number of hydrogen-bond donors (Lipinski definition) is 1. The van der Waals surface area contributed by atoms with Gasteiger partial charge in [0, 0.05) is 0 Å². The summed E-state index contributed by atoms with van der Waals surface area (Å²) in [6.45, 7) is 5.52. The standard InChI is InChI=1S/C28H33F2NO3/c1-27(2,3)34-26(33)28(14-15-28)17-18-8-13-22(30)23(16-18)31-25(32)24(19-6-4-5-7-19)20-9-11-21(29)12-10-20/h8-13,16,19,24H,4-7,14-15,17H2,1-3H3,(H,31,32). The van der Waals surface area contributed by atoms with E-state index in [2.05, 4.69) is 5.32 Å². The maximum Gasteiger partial charge on any atom is 0.312 e. The minimum atomic E-state index is -0.577. The highest BCUT2D eigenvalue weighted by molar-refractivity contribution is 5.96. The lowest BCUT2D eigenvalue weighted by atomic mass is 9.84. The molecule has 2 aromatic rings. The minimum Gasteiger partial charge on any atom is -0.460 e. The molecule has 2 fully saturated rings. The largest absolute Gasteiger partial charge is 0.460 e. The molecule has 6 heteroatoms. The first-order chi connectivity index (χ1) is 16.1. The van der Waals surface area contributed by atoms with Crippen LogP contribution in [0.2, 0.25) is 0 Å². The van der Waals surface area contributed by atoms with Crippen LogP contribution in [0.25, 0.3) is 0 Å². The normalized spacial score (nSPS) is 18.4. The van der Waals surface area contributed by atoms with Gasteiger partial charge in [0.15, 0.2) is 0 Å². The first-order valence-electron chi connectivity index (χ1n) is 12.1. The van der Waals surface area contributed by atoms with Crippen LogP contribution in [0.1, 0.15) is 76.3 Å². The van der Waals surface area contributed by atoms with Crippen LogP contribution in [-0.4, -0.2) is 17.5 Å². The van der Waals surface area contributed by atoms with E-state index in [-0.39, 0.29) is 29.3 Å². The number of benzene rings is 2. The number of nitrogens with one attached hydrogen (secondary N) is 1. The average Bonchev–Trinajstić information content (AvgIpc) is 3.35. The Morgan fingerprint density at radius 1 is 1.06 bits per heavy atom. The first kappa shape index (κ1) is 24.4. The topological polar surface area (TPSA) is 55.4 Å². The van der Waals surface area contributed by atoms with Crippen molar-refractivity contribution in [1.29, 1.82) is 0 Å². The number of anilines is 1. The van der Waals surface area contributed by atoms with Crippen molar-refractivity contribution in [3.8, 4) is 0 Å². The molecular formula is C28H33F2NO3. The van der Waals surface area contributed by atoms with Crippen molar-refractivity contribution in [1.82, 2.24) is 0 Å². The summed E-state index contributed by atoms with van der Waals surface area (Å²) in [5.41, 5.74) is 0.480. The van der Waals surface area contributed by atoms with Gasteiger partial charge in [-0.25, -0.2) is 8.78 Å². The van der Waals surface area contributed by atoms with Crippen molar-refractivity contribution in [3.05, 3.63) is 65.2 Å². The third-order valence-corrected chi connectivity index (χ3v) is 6.90. The zero-order valence-corrected chi connectivity index (χ0v) is 20.1. The van der Waals surface area contributed by atoms with Gasteiger partial charge in [0.2, 0.25) is 5.91 Å².